The van der Waals surface area contributed by atoms with E-state index in [2.05, 4.69) is 35.4 Å². The minimum absolute atomic E-state index is 0.722. The summed E-state index contributed by atoms with van der Waals surface area (Å²) < 4.78 is 0. The van der Waals surface area contributed by atoms with Gasteiger partial charge in [0, 0.05) is 13.1 Å². The largest absolute Gasteiger partial charge is 0.294 e. The molecule has 23 heavy (non-hydrogen) atoms. The van der Waals surface area contributed by atoms with Gasteiger partial charge in [0.05, 0.1) is 6.61 Å². The van der Waals surface area contributed by atoms with Crippen LogP contribution in [0.4, 0.5) is 0 Å². The van der Waals surface area contributed by atoms with Crippen LogP contribution in [-0.2, 0) is 11.4 Å². The van der Waals surface area contributed by atoms with Gasteiger partial charge in [-0.2, -0.15) is 5.06 Å². The maximum atomic E-state index is 6.27. The van der Waals surface area contributed by atoms with Crippen LogP contribution in [0.5, 0.6) is 0 Å². The highest BCUT2D eigenvalue weighted by molar-refractivity contribution is 5.13. The third-order valence-corrected chi connectivity index (χ3v) is 5.63. The van der Waals surface area contributed by atoms with Gasteiger partial charge < -0.3 is 0 Å². The molecule has 0 bridgehead atoms. The highest BCUT2D eigenvalue weighted by Gasteiger charge is 2.22. The van der Waals surface area contributed by atoms with Crippen LogP contribution in [0.2, 0.25) is 0 Å². The van der Waals surface area contributed by atoms with Crippen molar-refractivity contribution in [3.8, 4) is 0 Å². The molecule has 128 valence electrons. The highest BCUT2D eigenvalue weighted by Crippen LogP contribution is 2.28. The van der Waals surface area contributed by atoms with Crippen molar-refractivity contribution in [1.82, 2.24) is 5.06 Å². The Balaban J connectivity index is 1.52. The molecule has 2 saturated carbocycles. The molecule has 0 unspecified atom stereocenters. The van der Waals surface area contributed by atoms with Gasteiger partial charge in [-0.25, -0.2) is 0 Å². The van der Waals surface area contributed by atoms with E-state index in [-0.39, 0.29) is 0 Å². The van der Waals surface area contributed by atoms with Gasteiger partial charge in [0.15, 0.2) is 0 Å². The maximum absolute atomic E-state index is 6.27. The molecule has 2 aliphatic carbocycles. The van der Waals surface area contributed by atoms with E-state index in [1.165, 1.54) is 69.8 Å². The Hall–Kier alpha value is -0.860. The number of hydrogen-bond acceptors (Lipinski definition) is 2. The van der Waals surface area contributed by atoms with Gasteiger partial charge in [0.25, 0.3) is 0 Å². The molecule has 0 N–H and O–H groups in total. The first-order chi connectivity index (χ1) is 11.4. The lowest BCUT2D eigenvalue weighted by Crippen LogP contribution is -2.35. The molecule has 0 amide bonds. The summed E-state index contributed by atoms with van der Waals surface area (Å²) in [5.41, 5.74) is 1.28. The first-order valence-corrected chi connectivity index (χ1v) is 9.82. The maximum Gasteiger partial charge on any atom is 0.0935 e. The standard InChI is InChI=1S/C21H33NO/c1-4-10-19(11-5-1)16-22(17-20-12-6-2-7-13-20)23-18-21-14-8-3-9-15-21/h3,8-9,14-15,19-20H,1-2,4-7,10-13,16-18H2. The minimum Gasteiger partial charge on any atom is -0.294 e. The minimum atomic E-state index is 0.722. The molecule has 2 fully saturated rings. The lowest BCUT2D eigenvalue weighted by atomic mass is 9.87. The second-order valence-electron chi connectivity index (χ2n) is 7.61. The quantitative estimate of drug-likeness (QED) is 0.609. The predicted molar refractivity (Wildman–Crippen MR) is 96.0 cm³/mol. The fourth-order valence-corrected chi connectivity index (χ4v) is 4.24. The molecule has 1 aromatic rings. The average Bonchev–Trinajstić information content (AvgIpc) is 2.62. The molecule has 0 saturated heterocycles. The normalized spacial score (nSPS) is 20.9. The first-order valence-electron chi connectivity index (χ1n) is 9.82. The van der Waals surface area contributed by atoms with Crippen LogP contribution in [0.1, 0.15) is 69.8 Å². The van der Waals surface area contributed by atoms with Gasteiger partial charge in [-0.15, -0.1) is 0 Å². The summed E-state index contributed by atoms with van der Waals surface area (Å²) in [6, 6.07) is 10.6. The summed E-state index contributed by atoms with van der Waals surface area (Å²) in [5, 5.41) is 2.33. The molecule has 0 aromatic heterocycles. The Morgan fingerprint density at radius 1 is 0.739 bits per heavy atom. The van der Waals surface area contributed by atoms with E-state index in [1.54, 1.807) is 0 Å². The average molecular weight is 316 g/mol. The molecule has 0 atom stereocenters. The molecule has 1 aromatic carbocycles. The molecule has 0 spiro atoms. The van der Waals surface area contributed by atoms with Crippen molar-refractivity contribution in [2.45, 2.75) is 70.8 Å². The van der Waals surface area contributed by atoms with E-state index in [0.29, 0.717) is 0 Å². The molecular weight excluding hydrogens is 282 g/mol. The van der Waals surface area contributed by atoms with Crippen LogP contribution in [-0.4, -0.2) is 18.2 Å². The number of rotatable bonds is 7. The molecule has 2 nitrogen and oxygen atoms in total. The molecule has 0 aliphatic heterocycles. The molecule has 2 heteroatoms. The molecule has 0 radical (unpaired) electrons. The highest BCUT2D eigenvalue weighted by atomic mass is 16.7. The van der Waals surface area contributed by atoms with Gasteiger partial charge in [0.1, 0.15) is 0 Å². The lowest BCUT2D eigenvalue weighted by Gasteiger charge is -2.32. The van der Waals surface area contributed by atoms with E-state index >= 15 is 0 Å². The molecule has 2 aliphatic rings. The van der Waals surface area contributed by atoms with Crippen LogP contribution >= 0.6 is 0 Å². The Morgan fingerprint density at radius 3 is 1.78 bits per heavy atom. The third kappa shape index (κ3) is 5.93. The van der Waals surface area contributed by atoms with Crippen molar-refractivity contribution in [2.75, 3.05) is 13.1 Å². The van der Waals surface area contributed by atoms with Crippen LogP contribution in [0.25, 0.3) is 0 Å². The summed E-state index contributed by atoms with van der Waals surface area (Å²) >= 11 is 0. The van der Waals surface area contributed by atoms with Crippen LogP contribution in [0.3, 0.4) is 0 Å². The number of hydrogen-bond donors (Lipinski definition) is 0. The van der Waals surface area contributed by atoms with Crippen LogP contribution in [0.15, 0.2) is 30.3 Å². The van der Waals surface area contributed by atoms with E-state index in [9.17, 15) is 0 Å². The van der Waals surface area contributed by atoms with Crippen molar-refractivity contribution in [3.63, 3.8) is 0 Å². The monoisotopic (exact) mass is 315 g/mol. The zero-order chi connectivity index (χ0) is 15.7. The lowest BCUT2D eigenvalue weighted by molar-refractivity contribution is -0.186. The number of nitrogens with zero attached hydrogens (tertiary/aromatic N) is 1. The van der Waals surface area contributed by atoms with Crippen LogP contribution < -0.4 is 0 Å². The van der Waals surface area contributed by atoms with E-state index in [0.717, 1.165) is 31.5 Å². The second-order valence-corrected chi connectivity index (χ2v) is 7.61. The van der Waals surface area contributed by atoms with Gasteiger partial charge in [-0.3, -0.25) is 4.84 Å². The van der Waals surface area contributed by atoms with Crippen molar-refractivity contribution in [2.24, 2.45) is 11.8 Å². The fourth-order valence-electron chi connectivity index (χ4n) is 4.24. The van der Waals surface area contributed by atoms with E-state index in [1.807, 2.05) is 0 Å². The zero-order valence-corrected chi connectivity index (χ0v) is 14.6. The Kier molecular flexibility index (Phi) is 6.97. The van der Waals surface area contributed by atoms with Gasteiger partial charge >= 0.3 is 0 Å². The zero-order valence-electron chi connectivity index (χ0n) is 14.6. The molecular formula is C21H33NO. The summed E-state index contributed by atoms with van der Waals surface area (Å²) in [4.78, 5) is 6.27. The van der Waals surface area contributed by atoms with Crippen molar-refractivity contribution >= 4 is 0 Å². The summed E-state index contributed by atoms with van der Waals surface area (Å²) in [5.74, 6) is 1.70. The van der Waals surface area contributed by atoms with E-state index in [4.69, 9.17) is 4.84 Å². The third-order valence-electron chi connectivity index (χ3n) is 5.63. The smallest absolute Gasteiger partial charge is 0.0935 e. The first kappa shape index (κ1) is 17.0. The van der Waals surface area contributed by atoms with Crippen molar-refractivity contribution < 1.29 is 4.84 Å². The van der Waals surface area contributed by atoms with Gasteiger partial charge in [-0.1, -0.05) is 68.9 Å². The van der Waals surface area contributed by atoms with Crippen molar-refractivity contribution in [1.29, 1.82) is 0 Å². The Labute approximate surface area is 142 Å². The SMILES string of the molecule is c1ccc(CON(CC2CCCCC2)CC2CCCCC2)cc1. The van der Waals surface area contributed by atoms with E-state index < -0.39 is 0 Å². The van der Waals surface area contributed by atoms with Crippen LogP contribution in [0, 0.1) is 11.8 Å². The topological polar surface area (TPSA) is 12.5 Å². The molecule has 0 heterocycles. The second kappa shape index (κ2) is 9.44. The number of benzene rings is 1. The summed E-state index contributed by atoms with van der Waals surface area (Å²) in [6.07, 6.45) is 14.1. The Morgan fingerprint density at radius 2 is 1.26 bits per heavy atom. The molecule has 3 rings (SSSR count). The predicted octanol–water partition coefficient (Wildman–Crippen LogP) is 5.58. The fraction of sp³-hybridized carbons (Fsp3) is 0.714. The summed E-state index contributed by atoms with van der Waals surface area (Å²) in [6.45, 7) is 3.01. The van der Waals surface area contributed by atoms with Gasteiger partial charge in [0.2, 0.25) is 0 Å². The number of hydroxylamine groups is 2. The van der Waals surface area contributed by atoms with Gasteiger partial charge in [-0.05, 0) is 43.1 Å². The Bertz CT molecular complexity index is 401. The van der Waals surface area contributed by atoms with Crippen molar-refractivity contribution in [3.05, 3.63) is 35.9 Å². The summed E-state index contributed by atoms with van der Waals surface area (Å²) in [7, 11) is 0.